The maximum atomic E-state index is 2.50. The average molecular weight is 604 g/mol. The van der Waals surface area contributed by atoms with E-state index >= 15 is 0 Å². The third kappa shape index (κ3) is 6.75. The summed E-state index contributed by atoms with van der Waals surface area (Å²) in [6.07, 6.45) is 5.91. The van der Waals surface area contributed by atoms with Crippen LogP contribution < -0.4 is 52.8 Å². The molecule has 0 radical (unpaired) electrons. The SMILES string of the molecule is CCCC1=C([Si](c2cc(C)cc(C)c2)(c2cc(C)cc(C)c2)c2cc(C)cc(C)c2)CC=[C]1[Ti+3].[Cl-].[Cl-].[Cl-]. The van der Waals surface area contributed by atoms with Crippen molar-refractivity contribution in [3.63, 3.8) is 0 Å². The van der Waals surface area contributed by atoms with Gasteiger partial charge in [-0.25, -0.2) is 0 Å². The summed E-state index contributed by atoms with van der Waals surface area (Å²) in [5, 5.41) is 6.30. The van der Waals surface area contributed by atoms with Crippen LogP contribution in [-0.2, 0) is 20.4 Å². The van der Waals surface area contributed by atoms with Crippen molar-refractivity contribution in [2.45, 2.75) is 67.7 Å². The number of aryl methyl sites for hydroxylation is 6. The minimum absolute atomic E-state index is 0. The van der Waals surface area contributed by atoms with Crippen LogP contribution in [0.5, 0.6) is 0 Å². The zero-order valence-corrected chi connectivity index (χ0v) is 27.9. The molecule has 0 aliphatic heterocycles. The van der Waals surface area contributed by atoms with E-state index in [0.717, 1.165) is 12.8 Å². The molecule has 1 aliphatic rings. The second-order valence-electron chi connectivity index (χ2n) is 10.4. The molecule has 0 unspecified atom stereocenters. The van der Waals surface area contributed by atoms with E-state index in [2.05, 4.69) is 130 Å². The van der Waals surface area contributed by atoms with Crippen molar-refractivity contribution in [1.29, 1.82) is 0 Å². The van der Waals surface area contributed by atoms with Gasteiger partial charge in [-0.1, -0.05) is 0 Å². The Morgan fingerprint density at radius 1 is 0.595 bits per heavy atom. The van der Waals surface area contributed by atoms with Gasteiger partial charge < -0.3 is 37.2 Å². The van der Waals surface area contributed by atoms with Gasteiger partial charge in [0.25, 0.3) is 0 Å². The van der Waals surface area contributed by atoms with Crippen molar-refractivity contribution in [3.8, 4) is 0 Å². The number of rotatable bonds is 6. The van der Waals surface area contributed by atoms with Crippen LogP contribution in [0.3, 0.4) is 0 Å². The van der Waals surface area contributed by atoms with E-state index in [1.807, 2.05) is 0 Å². The van der Waals surface area contributed by atoms with Gasteiger partial charge in [-0.05, 0) is 0 Å². The largest absolute Gasteiger partial charge is 1.00 e. The number of hydrogen-bond acceptors (Lipinski definition) is 0. The third-order valence-corrected chi connectivity index (χ3v) is 12.8. The van der Waals surface area contributed by atoms with Gasteiger partial charge in [-0.15, -0.1) is 0 Å². The standard InChI is InChI=1S/C32H37Si.3ClH.Ti/c1-8-10-28-11-9-12-32(28)33(29-16-22(2)13-23(3)17-29,30-18-24(4)14-25(5)19-30)31-20-26(6)15-27(7)21-31;;;;/h9,13-21H,8,10,12H2,1-7H3;3*1H;/q;;;;+3/p-3. The first-order valence-corrected chi connectivity index (χ1v) is 15.3. The van der Waals surface area contributed by atoms with Crippen LogP contribution in [0.2, 0.25) is 0 Å². The first kappa shape index (κ1) is 34.0. The Hall–Kier alpha value is -1.06. The van der Waals surface area contributed by atoms with Gasteiger partial charge in [0.1, 0.15) is 0 Å². The maximum Gasteiger partial charge on any atom is -1.00 e. The Labute approximate surface area is 256 Å². The second-order valence-corrected chi connectivity index (χ2v) is 15.1. The molecule has 0 heterocycles. The number of benzene rings is 3. The quantitative estimate of drug-likeness (QED) is 0.216. The molecule has 5 heteroatoms. The zero-order chi connectivity index (χ0) is 24.6. The summed E-state index contributed by atoms with van der Waals surface area (Å²) in [4.78, 5) is 0. The van der Waals surface area contributed by atoms with Gasteiger partial charge in [0.05, 0.1) is 0 Å². The van der Waals surface area contributed by atoms with Crippen molar-refractivity contribution >= 4 is 23.6 Å². The molecule has 0 N–H and O–H groups in total. The van der Waals surface area contributed by atoms with Crippen molar-refractivity contribution < 1.29 is 57.7 Å². The molecule has 0 bridgehead atoms. The predicted octanol–water partition coefficient (Wildman–Crippen LogP) is -2.51. The molecule has 0 aromatic heterocycles. The Bertz CT molecular complexity index is 1140. The summed E-state index contributed by atoms with van der Waals surface area (Å²) in [5.74, 6) is 0. The van der Waals surface area contributed by atoms with E-state index in [-0.39, 0.29) is 37.2 Å². The molecular formula is C32H37Cl3SiTi. The fraction of sp³-hybridized carbons (Fsp3) is 0.312. The van der Waals surface area contributed by atoms with Gasteiger partial charge in [-0.2, -0.15) is 0 Å². The molecule has 1 aliphatic carbocycles. The second kappa shape index (κ2) is 13.8. The molecule has 0 nitrogen and oxygen atoms in total. The van der Waals surface area contributed by atoms with Crippen LogP contribution >= 0.6 is 0 Å². The van der Waals surface area contributed by atoms with E-state index in [4.69, 9.17) is 0 Å². The Kier molecular flexibility index (Phi) is 12.7. The number of allylic oxidation sites excluding steroid dienone is 4. The van der Waals surface area contributed by atoms with Crippen LogP contribution in [0.1, 0.15) is 59.6 Å². The number of hydrogen-bond donors (Lipinski definition) is 0. The summed E-state index contributed by atoms with van der Waals surface area (Å²) < 4.78 is 1.49. The molecule has 37 heavy (non-hydrogen) atoms. The van der Waals surface area contributed by atoms with E-state index in [0.29, 0.717) is 0 Å². The molecule has 3 aromatic carbocycles. The fourth-order valence-electron chi connectivity index (χ4n) is 6.12. The smallest absolute Gasteiger partial charge is 1.00 e. The minimum Gasteiger partial charge on any atom is -1.00 e. The fourth-order valence-corrected chi connectivity index (χ4v) is 12.7. The van der Waals surface area contributed by atoms with Crippen LogP contribution in [0, 0.1) is 41.5 Å². The maximum absolute atomic E-state index is 2.50. The van der Waals surface area contributed by atoms with Gasteiger partial charge in [0.15, 0.2) is 0 Å². The van der Waals surface area contributed by atoms with Crippen molar-refractivity contribution in [1.82, 2.24) is 0 Å². The molecule has 3 aromatic rings. The topological polar surface area (TPSA) is 0 Å². The summed E-state index contributed by atoms with van der Waals surface area (Å²) in [7, 11) is -2.49. The Morgan fingerprint density at radius 3 is 1.22 bits per heavy atom. The third-order valence-electron chi connectivity index (χ3n) is 7.12. The summed E-state index contributed by atoms with van der Waals surface area (Å²) in [6.45, 7) is 15.9. The van der Waals surface area contributed by atoms with Crippen molar-refractivity contribution in [3.05, 3.63) is 109 Å². The molecule has 0 amide bonds. The van der Waals surface area contributed by atoms with Gasteiger partial charge in [0.2, 0.25) is 0 Å². The van der Waals surface area contributed by atoms with Crippen molar-refractivity contribution in [2.75, 3.05) is 0 Å². The van der Waals surface area contributed by atoms with E-state index in [1.165, 1.54) is 59.2 Å². The van der Waals surface area contributed by atoms with Crippen molar-refractivity contribution in [2.24, 2.45) is 0 Å². The number of halogens is 3. The van der Waals surface area contributed by atoms with Crippen LogP contribution in [0.25, 0.3) is 0 Å². The van der Waals surface area contributed by atoms with Crippen LogP contribution in [-0.4, -0.2) is 8.07 Å². The molecular weight excluding hydrogens is 567 g/mol. The van der Waals surface area contributed by atoms with Crippen LogP contribution in [0.15, 0.2) is 75.3 Å². The molecule has 0 fully saturated rings. The molecule has 0 spiro atoms. The Morgan fingerprint density at radius 2 is 0.919 bits per heavy atom. The summed E-state index contributed by atoms with van der Waals surface area (Å²) >= 11 is 2.33. The Balaban J connectivity index is 0.00000228. The molecule has 0 atom stereocenters. The predicted molar refractivity (Wildman–Crippen MR) is 147 cm³/mol. The zero-order valence-electron chi connectivity index (χ0n) is 23.0. The van der Waals surface area contributed by atoms with Gasteiger partial charge in [-0.3, -0.25) is 0 Å². The normalized spacial score (nSPS) is 12.9. The summed E-state index contributed by atoms with van der Waals surface area (Å²) in [5.41, 5.74) is 9.79. The van der Waals surface area contributed by atoms with Gasteiger partial charge in [0, 0.05) is 0 Å². The first-order chi connectivity index (χ1) is 16.1. The first-order valence-electron chi connectivity index (χ1n) is 12.6. The van der Waals surface area contributed by atoms with Gasteiger partial charge >= 0.3 is 220 Å². The molecule has 194 valence electrons. The molecule has 0 saturated carbocycles. The average Bonchev–Trinajstić information content (AvgIpc) is 3.08. The van der Waals surface area contributed by atoms with E-state index < -0.39 is 8.07 Å². The summed E-state index contributed by atoms with van der Waals surface area (Å²) in [6, 6.07) is 22.0. The van der Waals surface area contributed by atoms with E-state index in [9.17, 15) is 0 Å². The molecule has 4 rings (SSSR count). The monoisotopic (exact) mass is 602 g/mol. The van der Waals surface area contributed by atoms with Crippen LogP contribution in [0.4, 0.5) is 0 Å². The molecule has 0 saturated heterocycles. The van der Waals surface area contributed by atoms with E-state index in [1.54, 1.807) is 10.8 Å². The minimum atomic E-state index is -2.49.